The van der Waals surface area contributed by atoms with Gasteiger partial charge in [-0.2, -0.15) is 10.2 Å². The van der Waals surface area contributed by atoms with Crippen molar-refractivity contribution >= 4 is 40.3 Å². The molecular weight excluding hydrogens is 336 g/mol. The molecule has 0 aromatic heterocycles. The van der Waals surface area contributed by atoms with Crippen molar-refractivity contribution in [1.82, 2.24) is 0 Å². The molecule has 6 heteroatoms. The Morgan fingerprint density at radius 2 is 1.40 bits per heavy atom. The zero-order valence-corrected chi connectivity index (χ0v) is 13.9. The number of hydrogen-bond donors (Lipinski definition) is 2. The van der Waals surface area contributed by atoms with Gasteiger partial charge in [-0.3, -0.25) is 4.79 Å². The van der Waals surface area contributed by atoms with Gasteiger partial charge in [0.05, 0.1) is 16.9 Å². The van der Waals surface area contributed by atoms with Gasteiger partial charge in [-0.25, -0.2) is 0 Å². The zero-order valence-electron chi connectivity index (χ0n) is 13.2. The number of nitrogens with one attached hydrogen (secondary N) is 1. The Morgan fingerprint density at radius 1 is 0.840 bits per heavy atom. The SMILES string of the molecule is Nc1ccccc1C(=O)Nc1ccc(N=Nc2ccc(Cl)cc2)cc1. The van der Waals surface area contributed by atoms with Crippen molar-refractivity contribution in [3.8, 4) is 0 Å². The van der Waals surface area contributed by atoms with Crippen LogP contribution in [0.5, 0.6) is 0 Å². The van der Waals surface area contributed by atoms with E-state index in [0.717, 1.165) is 0 Å². The smallest absolute Gasteiger partial charge is 0.257 e. The average Bonchev–Trinajstić information content (AvgIpc) is 2.63. The number of nitrogens with zero attached hydrogens (tertiary/aromatic N) is 2. The number of hydrogen-bond acceptors (Lipinski definition) is 4. The standard InChI is InChI=1S/C19H15ClN4O/c20-13-5-7-15(8-6-13)23-24-16-11-9-14(10-12-16)22-19(25)17-3-1-2-4-18(17)21/h1-12H,21H2,(H,22,25). The summed E-state index contributed by atoms with van der Waals surface area (Å²) >= 11 is 5.83. The highest BCUT2D eigenvalue weighted by atomic mass is 35.5. The van der Waals surface area contributed by atoms with Gasteiger partial charge in [0, 0.05) is 16.4 Å². The highest BCUT2D eigenvalue weighted by Gasteiger charge is 2.08. The zero-order chi connectivity index (χ0) is 17.6. The van der Waals surface area contributed by atoms with Gasteiger partial charge < -0.3 is 11.1 Å². The normalized spacial score (nSPS) is 10.8. The fourth-order valence-electron chi connectivity index (χ4n) is 2.14. The molecule has 0 radical (unpaired) electrons. The summed E-state index contributed by atoms with van der Waals surface area (Å²) in [5.41, 5.74) is 8.72. The Hall–Kier alpha value is -3.18. The van der Waals surface area contributed by atoms with Crippen LogP contribution >= 0.6 is 11.6 Å². The first-order valence-electron chi connectivity index (χ1n) is 7.55. The van der Waals surface area contributed by atoms with Gasteiger partial charge in [-0.15, -0.1) is 0 Å². The molecule has 0 spiro atoms. The molecule has 0 unspecified atom stereocenters. The Bertz CT molecular complexity index is 905. The number of azo groups is 1. The first-order valence-corrected chi connectivity index (χ1v) is 7.93. The summed E-state index contributed by atoms with van der Waals surface area (Å²) in [5.74, 6) is -0.256. The van der Waals surface area contributed by atoms with Gasteiger partial charge >= 0.3 is 0 Å². The molecule has 0 aliphatic heterocycles. The molecule has 0 saturated heterocycles. The summed E-state index contributed by atoms with van der Waals surface area (Å²) in [5, 5.41) is 11.7. The Balaban J connectivity index is 1.67. The minimum Gasteiger partial charge on any atom is -0.398 e. The van der Waals surface area contributed by atoms with E-state index >= 15 is 0 Å². The van der Waals surface area contributed by atoms with Crippen molar-refractivity contribution in [2.75, 3.05) is 11.1 Å². The van der Waals surface area contributed by atoms with Gasteiger partial charge in [-0.05, 0) is 60.7 Å². The van der Waals surface area contributed by atoms with Crippen LogP contribution in [0.1, 0.15) is 10.4 Å². The maximum Gasteiger partial charge on any atom is 0.257 e. The van der Waals surface area contributed by atoms with Crippen molar-refractivity contribution < 1.29 is 4.79 Å². The Labute approximate surface area is 150 Å². The minimum absolute atomic E-state index is 0.256. The molecule has 25 heavy (non-hydrogen) atoms. The summed E-state index contributed by atoms with van der Waals surface area (Å²) in [6.07, 6.45) is 0. The molecular formula is C19H15ClN4O. The number of carbonyl (C=O) groups excluding carboxylic acids is 1. The fourth-order valence-corrected chi connectivity index (χ4v) is 2.26. The lowest BCUT2D eigenvalue weighted by Crippen LogP contribution is -2.13. The second kappa shape index (κ2) is 7.59. The van der Waals surface area contributed by atoms with E-state index in [-0.39, 0.29) is 5.91 Å². The van der Waals surface area contributed by atoms with Crippen LogP contribution in [0.15, 0.2) is 83.0 Å². The molecule has 0 bridgehead atoms. The number of amides is 1. The molecule has 3 aromatic carbocycles. The van der Waals surface area contributed by atoms with Crippen molar-refractivity contribution in [3.63, 3.8) is 0 Å². The van der Waals surface area contributed by atoms with Crippen LogP contribution in [0.25, 0.3) is 0 Å². The maximum atomic E-state index is 12.2. The monoisotopic (exact) mass is 350 g/mol. The van der Waals surface area contributed by atoms with Gasteiger partial charge in [-0.1, -0.05) is 23.7 Å². The van der Waals surface area contributed by atoms with Gasteiger partial charge in [0.1, 0.15) is 0 Å². The van der Waals surface area contributed by atoms with Crippen LogP contribution in [-0.4, -0.2) is 5.91 Å². The minimum atomic E-state index is -0.256. The van der Waals surface area contributed by atoms with Crippen LogP contribution in [0, 0.1) is 0 Å². The number of halogens is 1. The lowest BCUT2D eigenvalue weighted by atomic mass is 10.1. The molecule has 0 aliphatic rings. The Kier molecular flexibility index (Phi) is 5.06. The Morgan fingerprint density at radius 3 is 2.00 bits per heavy atom. The molecule has 0 atom stereocenters. The number of nitrogens with two attached hydrogens (primary N) is 1. The van der Waals surface area contributed by atoms with Crippen molar-refractivity contribution in [2.24, 2.45) is 10.2 Å². The van der Waals surface area contributed by atoms with Gasteiger partial charge in [0.25, 0.3) is 5.91 Å². The number of para-hydroxylation sites is 1. The van der Waals surface area contributed by atoms with Crippen LogP contribution in [-0.2, 0) is 0 Å². The summed E-state index contributed by atoms with van der Waals surface area (Å²) in [7, 11) is 0. The first-order chi connectivity index (χ1) is 12.1. The maximum absolute atomic E-state index is 12.2. The molecule has 0 saturated carbocycles. The van der Waals surface area contributed by atoms with E-state index in [9.17, 15) is 4.79 Å². The molecule has 0 heterocycles. The van der Waals surface area contributed by atoms with Crippen LogP contribution < -0.4 is 11.1 Å². The number of nitrogen functional groups attached to an aromatic ring is 1. The molecule has 124 valence electrons. The van der Waals surface area contributed by atoms with E-state index in [1.54, 1.807) is 72.8 Å². The third-order valence-electron chi connectivity index (χ3n) is 3.44. The third kappa shape index (κ3) is 4.43. The molecule has 5 nitrogen and oxygen atoms in total. The second-order valence-corrected chi connectivity index (χ2v) is 5.70. The van der Waals surface area contributed by atoms with E-state index in [4.69, 9.17) is 17.3 Å². The summed E-state index contributed by atoms with van der Waals surface area (Å²) in [4.78, 5) is 12.2. The molecule has 1 amide bonds. The number of carbonyl (C=O) groups is 1. The average molecular weight is 351 g/mol. The molecule has 3 aromatic rings. The largest absolute Gasteiger partial charge is 0.398 e. The van der Waals surface area contributed by atoms with E-state index in [1.165, 1.54) is 0 Å². The van der Waals surface area contributed by atoms with E-state index in [1.807, 2.05) is 0 Å². The molecule has 3 rings (SSSR count). The van der Waals surface area contributed by atoms with Crippen LogP contribution in [0.2, 0.25) is 5.02 Å². The predicted molar refractivity (Wildman–Crippen MR) is 101 cm³/mol. The lowest BCUT2D eigenvalue weighted by molar-refractivity contribution is 0.102. The summed E-state index contributed by atoms with van der Waals surface area (Å²) in [6.45, 7) is 0. The predicted octanol–water partition coefficient (Wildman–Crippen LogP) is 5.59. The van der Waals surface area contributed by atoms with Crippen LogP contribution in [0.3, 0.4) is 0 Å². The molecule has 3 N–H and O–H groups in total. The topological polar surface area (TPSA) is 79.8 Å². The van der Waals surface area contributed by atoms with Crippen molar-refractivity contribution in [1.29, 1.82) is 0 Å². The first kappa shape index (κ1) is 16.7. The summed E-state index contributed by atoms with van der Waals surface area (Å²) < 4.78 is 0. The van der Waals surface area contributed by atoms with Gasteiger partial charge in [0.2, 0.25) is 0 Å². The van der Waals surface area contributed by atoms with E-state index < -0.39 is 0 Å². The third-order valence-corrected chi connectivity index (χ3v) is 3.69. The summed E-state index contributed by atoms with van der Waals surface area (Å²) in [6, 6.07) is 21.0. The number of benzene rings is 3. The van der Waals surface area contributed by atoms with Crippen molar-refractivity contribution in [3.05, 3.63) is 83.4 Å². The van der Waals surface area contributed by atoms with Crippen LogP contribution in [0.4, 0.5) is 22.7 Å². The molecule has 0 fully saturated rings. The van der Waals surface area contributed by atoms with Crippen molar-refractivity contribution in [2.45, 2.75) is 0 Å². The van der Waals surface area contributed by atoms with Gasteiger partial charge in [0.15, 0.2) is 0 Å². The second-order valence-electron chi connectivity index (χ2n) is 5.26. The number of rotatable bonds is 4. The number of anilines is 2. The highest BCUT2D eigenvalue weighted by Crippen LogP contribution is 2.22. The quantitative estimate of drug-likeness (QED) is 0.475. The van der Waals surface area contributed by atoms with E-state index in [2.05, 4.69) is 15.5 Å². The van der Waals surface area contributed by atoms with E-state index in [0.29, 0.717) is 33.3 Å². The fraction of sp³-hybridized carbons (Fsp3) is 0. The molecule has 0 aliphatic carbocycles. The highest BCUT2D eigenvalue weighted by molar-refractivity contribution is 6.30. The lowest BCUT2D eigenvalue weighted by Gasteiger charge is -2.07.